The average Bonchev–Trinajstić information content (AvgIpc) is 2.62. The van der Waals surface area contributed by atoms with E-state index in [4.69, 9.17) is 11.6 Å². The second kappa shape index (κ2) is 9.87. The summed E-state index contributed by atoms with van der Waals surface area (Å²) in [6.45, 7) is -0.960. The van der Waals surface area contributed by atoms with Gasteiger partial charge in [-0.2, -0.15) is 8.78 Å². The summed E-state index contributed by atoms with van der Waals surface area (Å²) in [4.78, 5) is 24.2. The predicted molar refractivity (Wildman–Crippen MR) is 98.2 cm³/mol. The van der Waals surface area contributed by atoms with Crippen molar-refractivity contribution in [2.24, 2.45) is 0 Å². The molecule has 0 aliphatic carbocycles. The van der Waals surface area contributed by atoms with Crippen LogP contribution in [0.15, 0.2) is 48.5 Å². The van der Waals surface area contributed by atoms with E-state index in [9.17, 15) is 18.4 Å². The summed E-state index contributed by atoms with van der Waals surface area (Å²) < 4.78 is 28.5. The van der Waals surface area contributed by atoms with Crippen molar-refractivity contribution in [2.45, 2.75) is 26.0 Å². The lowest BCUT2D eigenvalue weighted by molar-refractivity contribution is -0.122. The molecule has 1 unspecified atom stereocenters. The van der Waals surface area contributed by atoms with Crippen molar-refractivity contribution in [3.63, 3.8) is 0 Å². The van der Waals surface area contributed by atoms with Crippen LogP contribution in [-0.4, -0.2) is 31.0 Å². The molecule has 0 aromatic heterocycles. The van der Waals surface area contributed by atoms with Gasteiger partial charge in [-0.25, -0.2) is 0 Å². The smallest absolute Gasteiger partial charge is 0.387 e. The molecule has 0 fully saturated rings. The molecule has 2 aromatic rings. The number of alkyl halides is 2. The number of rotatable bonds is 8. The fraction of sp³-hybridized carbons (Fsp3) is 0.263. The van der Waals surface area contributed by atoms with E-state index < -0.39 is 18.6 Å². The summed E-state index contributed by atoms with van der Waals surface area (Å²) in [6, 6.07) is 12.0. The number of hydrogen-bond acceptors (Lipinski definition) is 3. The zero-order valence-corrected chi connectivity index (χ0v) is 15.3. The van der Waals surface area contributed by atoms with Crippen molar-refractivity contribution in [1.82, 2.24) is 10.6 Å². The number of nitrogens with one attached hydrogen (secondary N) is 2. The van der Waals surface area contributed by atoms with E-state index in [1.165, 1.54) is 12.1 Å². The molecule has 0 heterocycles. The van der Waals surface area contributed by atoms with Crippen LogP contribution in [0.5, 0.6) is 5.75 Å². The number of carbonyl (C=O) groups excluding carboxylic acids is 2. The summed E-state index contributed by atoms with van der Waals surface area (Å²) in [6.07, 6.45) is 0.506. The Balaban J connectivity index is 1.78. The first kappa shape index (κ1) is 20.6. The lowest BCUT2D eigenvalue weighted by atomic mass is 10.1. The number of halogens is 3. The molecule has 1 atom stereocenters. The third-order valence-corrected chi connectivity index (χ3v) is 4.05. The van der Waals surface area contributed by atoms with Gasteiger partial charge < -0.3 is 15.4 Å². The van der Waals surface area contributed by atoms with Gasteiger partial charge in [-0.15, -0.1) is 0 Å². The Morgan fingerprint density at radius 1 is 1.11 bits per heavy atom. The monoisotopic (exact) mass is 396 g/mol. The molecule has 2 rings (SSSR count). The van der Waals surface area contributed by atoms with E-state index in [1.54, 1.807) is 43.3 Å². The highest BCUT2D eigenvalue weighted by molar-refractivity contribution is 6.33. The number of benzene rings is 2. The van der Waals surface area contributed by atoms with Gasteiger partial charge in [0.15, 0.2) is 0 Å². The standard InChI is InChI=1S/C19H19ClF2N2O3/c1-12(24-18(26)15-4-2-3-5-16(15)20)17(25)23-11-10-13-6-8-14(9-7-13)27-19(21)22/h2-9,12,19H,10-11H2,1H3,(H,23,25)(H,24,26). The molecule has 0 saturated carbocycles. The van der Waals surface area contributed by atoms with Gasteiger partial charge in [-0.3, -0.25) is 9.59 Å². The van der Waals surface area contributed by atoms with Crippen LogP contribution in [0.2, 0.25) is 5.02 Å². The molecule has 0 radical (unpaired) electrons. The Morgan fingerprint density at radius 3 is 2.41 bits per heavy atom. The number of ether oxygens (including phenoxy) is 1. The molecule has 27 heavy (non-hydrogen) atoms. The summed E-state index contributed by atoms with van der Waals surface area (Å²) in [5, 5.41) is 5.61. The van der Waals surface area contributed by atoms with Crippen molar-refractivity contribution in [2.75, 3.05) is 6.54 Å². The van der Waals surface area contributed by atoms with Crippen molar-refractivity contribution in [1.29, 1.82) is 0 Å². The van der Waals surface area contributed by atoms with Gasteiger partial charge in [0.25, 0.3) is 5.91 Å². The number of amides is 2. The summed E-state index contributed by atoms with van der Waals surface area (Å²) in [7, 11) is 0. The normalized spacial score (nSPS) is 11.7. The maximum Gasteiger partial charge on any atom is 0.387 e. The third kappa shape index (κ3) is 6.53. The first-order chi connectivity index (χ1) is 12.9. The third-order valence-electron chi connectivity index (χ3n) is 3.72. The minimum Gasteiger partial charge on any atom is -0.435 e. The number of carbonyl (C=O) groups is 2. The minimum atomic E-state index is -2.86. The van der Waals surface area contributed by atoms with E-state index in [1.807, 2.05) is 0 Å². The zero-order valence-electron chi connectivity index (χ0n) is 14.5. The van der Waals surface area contributed by atoms with Crippen LogP contribution in [-0.2, 0) is 11.2 Å². The second-order valence-electron chi connectivity index (χ2n) is 5.74. The zero-order chi connectivity index (χ0) is 19.8. The molecule has 5 nitrogen and oxygen atoms in total. The topological polar surface area (TPSA) is 67.4 Å². The van der Waals surface area contributed by atoms with E-state index in [0.29, 0.717) is 23.6 Å². The Hall–Kier alpha value is -2.67. The van der Waals surface area contributed by atoms with Crippen LogP contribution in [0.1, 0.15) is 22.8 Å². The van der Waals surface area contributed by atoms with Crippen LogP contribution < -0.4 is 15.4 Å². The van der Waals surface area contributed by atoms with Crippen LogP contribution in [0.25, 0.3) is 0 Å². The molecule has 2 N–H and O–H groups in total. The molecular formula is C19H19ClF2N2O3. The maximum atomic E-state index is 12.1. The van der Waals surface area contributed by atoms with Crippen molar-refractivity contribution < 1.29 is 23.1 Å². The first-order valence-corrected chi connectivity index (χ1v) is 8.61. The lowest BCUT2D eigenvalue weighted by Gasteiger charge is -2.15. The molecule has 2 amide bonds. The van der Waals surface area contributed by atoms with E-state index in [-0.39, 0.29) is 11.7 Å². The van der Waals surface area contributed by atoms with Crippen LogP contribution in [0.4, 0.5) is 8.78 Å². The molecule has 0 bridgehead atoms. The van der Waals surface area contributed by atoms with Gasteiger partial charge in [0.2, 0.25) is 5.91 Å². The summed E-state index contributed by atoms with van der Waals surface area (Å²) >= 11 is 5.96. The lowest BCUT2D eigenvalue weighted by Crippen LogP contribution is -2.45. The molecule has 2 aromatic carbocycles. The highest BCUT2D eigenvalue weighted by atomic mass is 35.5. The predicted octanol–water partition coefficient (Wildman–Crippen LogP) is 3.42. The van der Waals surface area contributed by atoms with Crippen molar-refractivity contribution >= 4 is 23.4 Å². The van der Waals surface area contributed by atoms with Gasteiger partial charge in [0.05, 0.1) is 10.6 Å². The molecular weight excluding hydrogens is 378 g/mol. The summed E-state index contributed by atoms with van der Waals surface area (Å²) in [5.74, 6) is -0.695. The van der Waals surface area contributed by atoms with Crippen LogP contribution in [0, 0.1) is 0 Å². The molecule has 0 aliphatic rings. The van der Waals surface area contributed by atoms with Gasteiger partial charge in [-0.05, 0) is 43.2 Å². The largest absolute Gasteiger partial charge is 0.435 e. The highest BCUT2D eigenvalue weighted by Crippen LogP contribution is 2.15. The molecule has 8 heteroatoms. The van der Waals surface area contributed by atoms with Gasteiger partial charge >= 0.3 is 6.61 Å². The Bertz CT molecular complexity index is 785. The van der Waals surface area contributed by atoms with E-state index in [0.717, 1.165) is 5.56 Å². The highest BCUT2D eigenvalue weighted by Gasteiger charge is 2.17. The SMILES string of the molecule is CC(NC(=O)c1ccccc1Cl)C(=O)NCCc1ccc(OC(F)F)cc1. The Morgan fingerprint density at radius 2 is 1.78 bits per heavy atom. The molecule has 144 valence electrons. The van der Waals surface area contributed by atoms with Gasteiger partial charge in [0, 0.05) is 6.54 Å². The molecule has 0 aliphatic heterocycles. The van der Waals surface area contributed by atoms with Gasteiger partial charge in [0.1, 0.15) is 11.8 Å². The summed E-state index contributed by atoms with van der Waals surface area (Å²) in [5.41, 5.74) is 1.15. The van der Waals surface area contributed by atoms with Crippen molar-refractivity contribution in [3.05, 3.63) is 64.7 Å². The van der Waals surface area contributed by atoms with Crippen LogP contribution in [0.3, 0.4) is 0 Å². The average molecular weight is 397 g/mol. The number of hydrogen-bond donors (Lipinski definition) is 2. The van der Waals surface area contributed by atoms with Crippen molar-refractivity contribution in [3.8, 4) is 5.75 Å². The van der Waals surface area contributed by atoms with E-state index >= 15 is 0 Å². The molecule has 0 spiro atoms. The second-order valence-corrected chi connectivity index (χ2v) is 6.15. The molecule has 0 saturated heterocycles. The fourth-order valence-electron chi connectivity index (χ4n) is 2.31. The Labute approximate surface area is 160 Å². The Kier molecular flexibility index (Phi) is 7.55. The van der Waals surface area contributed by atoms with Gasteiger partial charge in [-0.1, -0.05) is 35.9 Å². The van der Waals surface area contributed by atoms with Crippen LogP contribution >= 0.6 is 11.6 Å². The maximum absolute atomic E-state index is 12.1. The minimum absolute atomic E-state index is 0.0775. The van der Waals surface area contributed by atoms with E-state index in [2.05, 4.69) is 15.4 Å². The quantitative estimate of drug-likeness (QED) is 0.718. The fourth-order valence-corrected chi connectivity index (χ4v) is 2.53. The first-order valence-electron chi connectivity index (χ1n) is 8.23.